The van der Waals surface area contributed by atoms with Crippen LogP contribution in [0.5, 0.6) is 0 Å². The molecular formula is C17H20N4O3. The number of nitrogens with one attached hydrogen (secondary N) is 2. The van der Waals surface area contributed by atoms with Gasteiger partial charge in [-0.1, -0.05) is 12.1 Å². The first-order valence-corrected chi connectivity index (χ1v) is 8.02. The van der Waals surface area contributed by atoms with Crippen molar-refractivity contribution in [2.75, 3.05) is 18.0 Å². The van der Waals surface area contributed by atoms with Crippen LogP contribution in [-0.4, -0.2) is 28.5 Å². The molecule has 7 heteroatoms. The van der Waals surface area contributed by atoms with Gasteiger partial charge >= 0.3 is 5.69 Å². The van der Waals surface area contributed by atoms with Crippen molar-refractivity contribution in [3.63, 3.8) is 0 Å². The second-order valence-corrected chi connectivity index (χ2v) is 5.88. The fourth-order valence-electron chi connectivity index (χ4n) is 2.78. The summed E-state index contributed by atoms with van der Waals surface area (Å²) in [4.78, 5) is 38.9. The average Bonchev–Trinajstić information content (AvgIpc) is 3.11. The monoisotopic (exact) mass is 328 g/mol. The highest BCUT2D eigenvalue weighted by molar-refractivity contribution is 5.75. The van der Waals surface area contributed by atoms with Gasteiger partial charge in [-0.15, -0.1) is 0 Å². The number of rotatable bonds is 5. The Hall–Kier alpha value is -2.83. The van der Waals surface area contributed by atoms with Gasteiger partial charge in [0.2, 0.25) is 5.91 Å². The molecule has 0 bridgehead atoms. The molecule has 24 heavy (non-hydrogen) atoms. The number of H-pyrrole nitrogens is 1. The van der Waals surface area contributed by atoms with Crippen molar-refractivity contribution in [1.29, 1.82) is 0 Å². The molecule has 7 nitrogen and oxygen atoms in total. The number of carbonyl (C=O) groups excluding carboxylic acids is 1. The van der Waals surface area contributed by atoms with E-state index in [1.54, 1.807) is 0 Å². The first-order valence-electron chi connectivity index (χ1n) is 8.02. The standard InChI is InChI=1S/C17H20N4O3/c22-15-7-10-21(17(24)19-15)12-16(23)18-11-13-3-5-14(6-4-13)20-8-1-2-9-20/h3-7,10H,1-2,8-9,11-12H2,(H,18,23)(H,19,22,24). The van der Waals surface area contributed by atoms with E-state index in [4.69, 9.17) is 0 Å². The topological polar surface area (TPSA) is 87.2 Å². The van der Waals surface area contributed by atoms with Gasteiger partial charge in [0.15, 0.2) is 0 Å². The molecular weight excluding hydrogens is 308 g/mol. The second kappa shape index (κ2) is 7.16. The predicted molar refractivity (Wildman–Crippen MR) is 91.1 cm³/mol. The Labute approximate surface area is 138 Å². The maximum atomic E-state index is 11.9. The van der Waals surface area contributed by atoms with Crippen molar-refractivity contribution in [2.24, 2.45) is 0 Å². The zero-order valence-corrected chi connectivity index (χ0v) is 13.3. The summed E-state index contributed by atoms with van der Waals surface area (Å²) in [7, 11) is 0. The molecule has 0 aliphatic carbocycles. The number of hydrogen-bond donors (Lipinski definition) is 2. The van der Waals surface area contributed by atoms with E-state index in [1.165, 1.54) is 30.8 Å². The number of aromatic amines is 1. The molecule has 126 valence electrons. The molecule has 0 radical (unpaired) electrons. The van der Waals surface area contributed by atoms with Crippen LogP contribution < -0.4 is 21.5 Å². The molecule has 3 rings (SSSR count). The van der Waals surface area contributed by atoms with E-state index in [2.05, 4.69) is 27.3 Å². The van der Waals surface area contributed by atoms with Gasteiger partial charge in [0, 0.05) is 37.6 Å². The summed E-state index contributed by atoms with van der Waals surface area (Å²) < 4.78 is 1.16. The van der Waals surface area contributed by atoms with Crippen LogP contribution in [0.4, 0.5) is 5.69 Å². The zero-order chi connectivity index (χ0) is 16.9. The van der Waals surface area contributed by atoms with E-state index in [-0.39, 0.29) is 12.5 Å². The van der Waals surface area contributed by atoms with Gasteiger partial charge in [-0.05, 0) is 30.5 Å². The van der Waals surface area contributed by atoms with Crippen molar-refractivity contribution in [3.05, 3.63) is 62.9 Å². The minimum atomic E-state index is -0.590. The van der Waals surface area contributed by atoms with Gasteiger partial charge in [0.1, 0.15) is 6.54 Å². The lowest BCUT2D eigenvalue weighted by Crippen LogP contribution is -2.35. The second-order valence-electron chi connectivity index (χ2n) is 5.88. The molecule has 1 fully saturated rings. The van der Waals surface area contributed by atoms with Crippen LogP contribution in [0.25, 0.3) is 0 Å². The van der Waals surface area contributed by atoms with Crippen molar-refractivity contribution < 1.29 is 4.79 Å². The predicted octanol–water partition coefficient (Wildman–Crippen LogP) is 0.453. The number of aromatic nitrogens is 2. The Morgan fingerprint density at radius 2 is 1.79 bits per heavy atom. The van der Waals surface area contributed by atoms with Crippen molar-refractivity contribution >= 4 is 11.6 Å². The number of benzene rings is 1. The van der Waals surface area contributed by atoms with Crippen LogP contribution in [0.1, 0.15) is 18.4 Å². The molecule has 1 saturated heterocycles. The molecule has 2 aromatic rings. The summed E-state index contributed by atoms with van der Waals surface area (Å²) in [5.41, 5.74) is 1.14. The molecule has 2 N–H and O–H groups in total. The first-order chi connectivity index (χ1) is 11.6. The number of nitrogens with zero attached hydrogens (tertiary/aromatic N) is 2. The lowest BCUT2D eigenvalue weighted by atomic mass is 10.2. The van der Waals surface area contributed by atoms with Crippen molar-refractivity contribution in [3.8, 4) is 0 Å². The Bertz CT molecular complexity index is 817. The van der Waals surface area contributed by atoms with E-state index in [0.717, 1.165) is 23.2 Å². The average molecular weight is 328 g/mol. The van der Waals surface area contributed by atoms with Crippen LogP contribution in [0.2, 0.25) is 0 Å². The summed E-state index contributed by atoms with van der Waals surface area (Å²) in [6.45, 7) is 2.48. The van der Waals surface area contributed by atoms with Gasteiger partial charge in [0.05, 0.1) is 0 Å². The zero-order valence-electron chi connectivity index (χ0n) is 13.3. The highest BCUT2D eigenvalue weighted by Gasteiger charge is 2.12. The van der Waals surface area contributed by atoms with Gasteiger partial charge < -0.3 is 10.2 Å². The van der Waals surface area contributed by atoms with Crippen LogP contribution in [0.3, 0.4) is 0 Å². The molecule has 1 amide bonds. The number of carbonyl (C=O) groups is 1. The Kier molecular flexibility index (Phi) is 4.79. The quantitative estimate of drug-likeness (QED) is 0.834. The summed E-state index contributed by atoms with van der Waals surface area (Å²) in [6.07, 6.45) is 3.79. The van der Waals surface area contributed by atoms with Crippen LogP contribution in [-0.2, 0) is 17.9 Å². The van der Waals surface area contributed by atoms with Crippen molar-refractivity contribution in [1.82, 2.24) is 14.9 Å². The number of hydrogen-bond acceptors (Lipinski definition) is 4. The highest BCUT2D eigenvalue weighted by atomic mass is 16.2. The number of anilines is 1. The molecule has 1 aromatic heterocycles. The Balaban J connectivity index is 1.54. The van der Waals surface area contributed by atoms with E-state index in [0.29, 0.717) is 6.54 Å². The summed E-state index contributed by atoms with van der Waals surface area (Å²) in [5.74, 6) is -0.284. The Morgan fingerprint density at radius 1 is 1.08 bits per heavy atom. The van der Waals surface area contributed by atoms with Crippen LogP contribution in [0, 0.1) is 0 Å². The molecule has 1 aliphatic heterocycles. The fraction of sp³-hybridized carbons (Fsp3) is 0.353. The highest BCUT2D eigenvalue weighted by Crippen LogP contribution is 2.20. The maximum absolute atomic E-state index is 11.9. The van der Waals surface area contributed by atoms with Crippen molar-refractivity contribution in [2.45, 2.75) is 25.9 Å². The van der Waals surface area contributed by atoms with Gasteiger partial charge in [0.25, 0.3) is 5.56 Å². The van der Waals surface area contributed by atoms with Gasteiger partial charge in [-0.2, -0.15) is 0 Å². The van der Waals surface area contributed by atoms with E-state index < -0.39 is 11.2 Å². The molecule has 1 aliphatic rings. The smallest absolute Gasteiger partial charge is 0.328 e. The summed E-state index contributed by atoms with van der Waals surface area (Å²) >= 11 is 0. The van der Waals surface area contributed by atoms with Crippen LogP contribution >= 0.6 is 0 Å². The van der Waals surface area contributed by atoms with E-state index in [9.17, 15) is 14.4 Å². The fourth-order valence-corrected chi connectivity index (χ4v) is 2.78. The van der Waals surface area contributed by atoms with E-state index >= 15 is 0 Å². The Morgan fingerprint density at radius 3 is 2.46 bits per heavy atom. The molecule has 0 atom stereocenters. The molecule has 0 unspecified atom stereocenters. The normalized spacial score (nSPS) is 13.9. The SMILES string of the molecule is O=C(Cn1ccc(=O)[nH]c1=O)NCc1ccc(N2CCCC2)cc1. The first kappa shape index (κ1) is 16.0. The lowest BCUT2D eigenvalue weighted by molar-refractivity contribution is -0.121. The van der Waals surface area contributed by atoms with Gasteiger partial charge in [-0.3, -0.25) is 19.1 Å². The minimum absolute atomic E-state index is 0.124. The van der Waals surface area contributed by atoms with Crippen LogP contribution in [0.15, 0.2) is 46.1 Å². The molecule has 1 aromatic carbocycles. The number of amides is 1. The third-order valence-corrected chi connectivity index (χ3v) is 4.11. The third kappa shape index (κ3) is 3.92. The third-order valence-electron chi connectivity index (χ3n) is 4.11. The van der Waals surface area contributed by atoms with Gasteiger partial charge in [-0.25, -0.2) is 4.79 Å². The summed E-state index contributed by atoms with van der Waals surface area (Å²) in [6, 6.07) is 9.35. The lowest BCUT2D eigenvalue weighted by Gasteiger charge is -2.17. The minimum Gasteiger partial charge on any atom is -0.372 e. The maximum Gasteiger partial charge on any atom is 0.328 e. The summed E-state index contributed by atoms with van der Waals surface area (Å²) in [5, 5.41) is 2.77. The molecule has 0 spiro atoms. The molecule has 0 saturated carbocycles. The molecule has 2 heterocycles. The largest absolute Gasteiger partial charge is 0.372 e. The van der Waals surface area contributed by atoms with E-state index in [1.807, 2.05) is 12.1 Å².